The summed E-state index contributed by atoms with van der Waals surface area (Å²) in [6, 6.07) is 1.76. The van der Waals surface area contributed by atoms with E-state index in [2.05, 4.69) is 26.3 Å². The average Bonchev–Trinajstić information content (AvgIpc) is 3.13. The molecule has 2 saturated heterocycles. The number of aliphatic carboxylic acids is 1. The van der Waals surface area contributed by atoms with Crippen LogP contribution in [-0.2, 0) is 4.79 Å². The highest BCUT2D eigenvalue weighted by atomic mass is 32.1. The van der Waals surface area contributed by atoms with E-state index >= 15 is 0 Å². The van der Waals surface area contributed by atoms with Gasteiger partial charge in [-0.2, -0.15) is 0 Å². The van der Waals surface area contributed by atoms with Crippen LogP contribution in [0.1, 0.15) is 19.3 Å². The van der Waals surface area contributed by atoms with Gasteiger partial charge in [0.05, 0.1) is 5.39 Å². The van der Waals surface area contributed by atoms with Gasteiger partial charge in [0.1, 0.15) is 23.0 Å². The number of anilines is 1. The molecule has 0 radical (unpaired) electrons. The topological polar surface area (TPSA) is 69.6 Å². The van der Waals surface area contributed by atoms with Gasteiger partial charge in [-0.15, -0.1) is 11.3 Å². The zero-order valence-corrected chi connectivity index (χ0v) is 13.9. The van der Waals surface area contributed by atoms with Crippen LogP contribution in [-0.4, -0.2) is 58.7 Å². The molecule has 0 aliphatic carbocycles. The van der Waals surface area contributed by atoms with Crippen molar-refractivity contribution in [2.45, 2.75) is 25.3 Å². The van der Waals surface area contributed by atoms with E-state index in [1.54, 1.807) is 17.7 Å². The number of carboxylic acid groups (broad SMARTS) is 1. The summed E-state index contributed by atoms with van der Waals surface area (Å²) >= 11 is 1.64. The molecule has 0 saturated carbocycles. The van der Waals surface area contributed by atoms with E-state index in [0.717, 1.165) is 54.9 Å². The summed E-state index contributed by atoms with van der Waals surface area (Å²) in [4.78, 5) is 25.5. The van der Waals surface area contributed by atoms with E-state index in [4.69, 9.17) is 0 Å². The molecule has 2 fully saturated rings. The van der Waals surface area contributed by atoms with Gasteiger partial charge in [0.2, 0.25) is 0 Å². The van der Waals surface area contributed by atoms with Crippen molar-refractivity contribution in [3.63, 3.8) is 0 Å². The number of fused-ring (bicyclic) bond motifs is 1. The summed E-state index contributed by atoms with van der Waals surface area (Å²) in [7, 11) is 1.93. The molecule has 23 heavy (non-hydrogen) atoms. The van der Waals surface area contributed by atoms with Crippen molar-refractivity contribution in [2.24, 2.45) is 5.41 Å². The van der Waals surface area contributed by atoms with Crippen LogP contribution < -0.4 is 4.90 Å². The van der Waals surface area contributed by atoms with Crippen molar-refractivity contribution >= 4 is 33.3 Å². The lowest BCUT2D eigenvalue weighted by Gasteiger charge is -2.39. The molecule has 0 amide bonds. The van der Waals surface area contributed by atoms with Crippen LogP contribution in [0.3, 0.4) is 0 Å². The third-order valence-corrected chi connectivity index (χ3v) is 6.21. The highest BCUT2D eigenvalue weighted by molar-refractivity contribution is 7.16. The van der Waals surface area contributed by atoms with Crippen LogP contribution in [0.25, 0.3) is 10.2 Å². The predicted octanol–water partition coefficient (Wildman–Crippen LogP) is 2.07. The molecule has 6 nitrogen and oxygen atoms in total. The molecule has 2 aromatic heterocycles. The Kier molecular flexibility index (Phi) is 3.50. The van der Waals surface area contributed by atoms with Gasteiger partial charge < -0.3 is 10.0 Å². The Morgan fingerprint density at radius 2 is 2.17 bits per heavy atom. The first-order valence-electron chi connectivity index (χ1n) is 7.94. The summed E-state index contributed by atoms with van der Waals surface area (Å²) in [6.07, 6.45) is 4.46. The first kappa shape index (κ1) is 14.8. The van der Waals surface area contributed by atoms with Crippen LogP contribution in [0.2, 0.25) is 0 Å². The number of piperidine rings is 1. The van der Waals surface area contributed by atoms with Crippen molar-refractivity contribution in [2.75, 3.05) is 31.6 Å². The molecule has 0 aromatic carbocycles. The number of likely N-dealkylation sites (tertiary alicyclic amines) is 1. The van der Waals surface area contributed by atoms with E-state index in [1.165, 1.54) is 0 Å². The molecular weight excluding hydrogens is 312 g/mol. The fraction of sp³-hybridized carbons (Fsp3) is 0.562. The van der Waals surface area contributed by atoms with E-state index in [1.807, 2.05) is 11.9 Å². The summed E-state index contributed by atoms with van der Waals surface area (Å²) < 4.78 is 0. The van der Waals surface area contributed by atoms with Gasteiger partial charge in [-0.25, -0.2) is 9.97 Å². The van der Waals surface area contributed by atoms with E-state index < -0.39 is 5.97 Å². The van der Waals surface area contributed by atoms with Crippen molar-refractivity contribution in [1.29, 1.82) is 0 Å². The second-order valence-corrected chi connectivity index (χ2v) is 7.69. The SMILES string of the molecule is CN1CC2(CCN(c3ncnc4sccc34)CC2)C[C@@H]1C(=O)O. The minimum absolute atomic E-state index is 0.148. The largest absolute Gasteiger partial charge is 0.480 e. The zero-order valence-electron chi connectivity index (χ0n) is 13.1. The number of rotatable bonds is 2. The smallest absolute Gasteiger partial charge is 0.320 e. The molecule has 1 atom stereocenters. The van der Waals surface area contributed by atoms with E-state index in [0.29, 0.717) is 0 Å². The maximum Gasteiger partial charge on any atom is 0.320 e. The highest BCUT2D eigenvalue weighted by Gasteiger charge is 2.46. The number of carbonyl (C=O) groups is 1. The summed E-state index contributed by atoms with van der Waals surface area (Å²) in [6.45, 7) is 2.75. The van der Waals surface area contributed by atoms with E-state index in [9.17, 15) is 9.90 Å². The quantitative estimate of drug-likeness (QED) is 0.908. The van der Waals surface area contributed by atoms with Crippen molar-refractivity contribution in [3.8, 4) is 0 Å². The second-order valence-electron chi connectivity index (χ2n) is 6.80. The lowest BCUT2D eigenvalue weighted by atomic mass is 9.76. The van der Waals surface area contributed by atoms with Gasteiger partial charge in [0, 0.05) is 19.6 Å². The summed E-state index contributed by atoms with van der Waals surface area (Å²) in [5, 5.41) is 12.5. The molecule has 7 heteroatoms. The Morgan fingerprint density at radius 3 is 2.87 bits per heavy atom. The molecule has 2 aromatic rings. The van der Waals surface area contributed by atoms with Crippen molar-refractivity contribution in [3.05, 3.63) is 17.8 Å². The summed E-state index contributed by atoms with van der Waals surface area (Å²) in [5.74, 6) is 0.329. The Hall–Kier alpha value is -1.73. The molecule has 4 heterocycles. The van der Waals surface area contributed by atoms with Crippen LogP contribution in [0.5, 0.6) is 0 Å². The fourth-order valence-electron chi connectivity index (χ4n) is 4.13. The summed E-state index contributed by atoms with van der Waals surface area (Å²) in [5.41, 5.74) is 0.148. The van der Waals surface area contributed by atoms with Gasteiger partial charge in [0.15, 0.2) is 0 Å². The van der Waals surface area contributed by atoms with Crippen LogP contribution in [0.4, 0.5) is 5.82 Å². The van der Waals surface area contributed by atoms with E-state index in [-0.39, 0.29) is 11.5 Å². The molecule has 0 unspecified atom stereocenters. The van der Waals surface area contributed by atoms with Crippen LogP contribution >= 0.6 is 11.3 Å². The van der Waals surface area contributed by atoms with Gasteiger partial charge in [-0.05, 0) is 43.2 Å². The van der Waals surface area contributed by atoms with Crippen LogP contribution in [0.15, 0.2) is 17.8 Å². The molecule has 2 aliphatic heterocycles. The Bertz CT molecular complexity index is 739. The fourth-order valence-corrected chi connectivity index (χ4v) is 4.86. The van der Waals surface area contributed by atoms with Crippen molar-refractivity contribution < 1.29 is 9.90 Å². The third-order valence-electron chi connectivity index (χ3n) is 5.39. The highest BCUT2D eigenvalue weighted by Crippen LogP contribution is 2.44. The molecule has 1 spiro atoms. The third kappa shape index (κ3) is 2.48. The number of hydrogen-bond acceptors (Lipinski definition) is 6. The molecule has 122 valence electrons. The van der Waals surface area contributed by atoms with Crippen LogP contribution in [0, 0.1) is 5.41 Å². The molecule has 4 rings (SSSR count). The number of aromatic nitrogens is 2. The van der Waals surface area contributed by atoms with Gasteiger partial charge in [-0.1, -0.05) is 0 Å². The molecular formula is C16H20N4O2S. The maximum atomic E-state index is 11.4. The second kappa shape index (κ2) is 5.42. The number of carboxylic acids is 1. The van der Waals surface area contributed by atoms with Gasteiger partial charge >= 0.3 is 5.97 Å². The number of thiophene rings is 1. The predicted molar refractivity (Wildman–Crippen MR) is 90.0 cm³/mol. The molecule has 1 N–H and O–H groups in total. The molecule has 2 aliphatic rings. The Labute approximate surface area is 138 Å². The Morgan fingerprint density at radius 1 is 1.39 bits per heavy atom. The zero-order chi connectivity index (χ0) is 16.0. The first-order valence-corrected chi connectivity index (χ1v) is 8.82. The average molecular weight is 332 g/mol. The number of nitrogens with zero attached hydrogens (tertiary/aromatic N) is 4. The Balaban J connectivity index is 1.52. The first-order chi connectivity index (χ1) is 11.1. The van der Waals surface area contributed by atoms with Gasteiger partial charge in [0.25, 0.3) is 0 Å². The lowest BCUT2D eigenvalue weighted by Crippen LogP contribution is -2.41. The minimum Gasteiger partial charge on any atom is -0.480 e. The molecule has 0 bridgehead atoms. The normalized spacial score (nSPS) is 24.6. The van der Waals surface area contributed by atoms with Gasteiger partial charge in [-0.3, -0.25) is 9.69 Å². The standard InChI is InChI=1S/C16H20N4O2S/c1-19-9-16(8-12(19)15(21)22)3-5-20(6-4-16)13-11-2-7-23-14(11)18-10-17-13/h2,7,10,12H,3-6,8-9H2,1H3,(H,21,22)/t12-/m1/s1. The minimum atomic E-state index is -0.692. The maximum absolute atomic E-state index is 11.4. The number of hydrogen-bond donors (Lipinski definition) is 1. The lowest BCUT2D eigenvalue weighted by molar-refractivity contribution is -0.141. The van der Waals surface area contributed by atoms with Crippen molar-refractivity contribution in [1.82, 2.24) is 14.9 Å². The number of likely N-dealkylation sites (N-methyl/N-ethyl adjacent to an activating group) is 1. The monoisotopic (exact) mass is 332 g/mol.